The van der Waals surface area contributed by atoms with Crippen LogP contribution in [0.2, 0.25) is 0 Å². The van der Waals surface area contributed by atoms with E-state index in [9.17, 15) is 9.59 Å². The Morgan fingerprint density at radius 3 is 2.50 bits per heavy atom. The average molecular weight is 207 g/mol. The zero-order valence-corrected chi connectivity index (χ0v) is 8.33. The number of amides is 1. The Bertz CT molecular complexity index is 403. The second kappa shape index (κ2) is 3.46. The number of hydrogen-bond donors (Lipinski definition) is 1. The Morgan fingerprint density at radius 1 is 1.21 bits per heavy atom. The van der Waals surface area contributed by atoms with Crippen molar-refractivity contribution in [2.24, 2.45) is 0 Å². The lowest BCUT2D eigenvalue weighted by Gasteiger charge is -2.16. The number of Topliss-reactive ketones (excluding diaryl/α,β-unsaturated/α-hetero) is 1. The molecule has 72 valence electrons. The summed E-state index contributed by atoms with van der Waals surface area (Å²) >= 11 is 4.24. The summed E-state index contributed by atoms with van der Waals surface area (Å²) in [5.74, 6) is -0.178. The van der Waals surface area contributed by atoms with Crippen LogP contribution in [-0.4, -0.2) is 18.2 Å². The first-order valence-corrected chi connectivity index (χ1v) is 4.73. The Balaban J connectivity index is 2.36. The molecule has 0 radical (unpaired) electrons. The van der Waals surface area contributed by atoms with Gasteiger partial charge in [-0.3, -0.25) is 9.59 Å². The molecule has 0 aliphatic carbocycles. The third-order valence-electron chi connectivity index (χ3n) is 2.16. The lowest BCUT2D eigenvalue weighted by atomic mass is 10.3. The molecule has 4 heteroatoms. The molecule has 1 fully saturated rings. The molecule has 0 spiro atoms. The van der Waals surface area contributed by atoms with Gasteiger partial charge in [0.05, 0.1) is 18.7 Å². The van der Waals surface area contributed by atoms with Crippen molar-refractivity contribution in [2.45, 2.75) is 11.3 Å². The van der Waals surface area contributed by atoms with E-state index in [1.165, 1.54) is 4.90 Å². The first-order chi connectivity index (χ1) is 6.68. The van der Waals surface area contributed by atoms with E-state index < -0.39 is 0 Å². The van der Waals surface area contributed by atoms with Crippen molar-refractivity contribution in [2.75, 3.05) is 11.4 Å². The number of nitrogens with zero attached hydrogens (tertiary/aromatic N) is 1. The summed E-state index contributed by atoms with van der Waals surface area (Å²) in [4.78, 5) is 24.7. The maximum Gasteiger partial charge on any atom is 0.234 e. The van der Waals surface area contributed by atoms with E-state index in [0.717, 1.165) is 4.90 Å². The first-order valence-electron chi connectivity index (χ1n) is 4.28. The highest BCUT2D eigenvalue weighted by atomic mass is 32.1. The fourth-order valence-corrected chi connectivity index (χ4v) is 1.78. The van der Waals surface area contributed by atoms with Crippen molar-refractivity contribution < 1.29 is 9.59 Å². The summed E-state index contributed by atoms with van der Waals surface area (Å²) in [5.41, 5.74) is 0.715. The molecule has 1 aliphatic heterocycles. The quantitative estimate of drug-likeness (QED) is 0.556. The van der Waals surface area contributed by atoms with E-state index in [-0.39, 0.29) is 24.7 Å². The van der Waals surface area contributed by atoms with E-state index in [4.69, 9.17) is 0 Å². The molecule has 1 aromatic rings. The summed E-state index contributed by atoms with van der Waals surface area (Å²) in [5, 5.41) is 0. The maximum absolute atomic E-state index is 11.4. The van der Waals surface area contributed by atoms with Gasteiger partial charge in [0, 0.05) is 4.90 Å². The van der Waals surface area contributed by atoms with Gasteiger partial charge in [-0.1, -0.05) is 12.1 Å². The van der Waals surface area contributed by atoms with Gasteiger partial charge >= 0.3 is 0 Å². The van der Waals surface area contributed by atoms with Gasteiger partial charge < -0.3 is 4.90 Å². The van der Waals surface area contributed by atoms with Gasteiger partial charge in [-0.25, -0.2) is 0 Å². The molecule has 0 unspecified atom stereocenters. The smallest absolute Gasteiger partial charge is 0.234 e. The monoisotopic (exact) mass is 207 g/mol. The minimum Gasteiger partial charge on any atom is -0.303 e. The predicted octanol–water partition coefficient (Wildman–Crippen LogP) is 1.28. The molecule has 14 heavy (non-hydrogen) atoms. The highest BCUT2D eigenvalue weighted by Gasteiger charge is 2.29. The average Bonchev–Trinajstić information content (AvgIpc) is 2.46. The first kappa shape index (κ1) is 9.27. The van der Waals surface area contributed by atoms with Crippen molar-refractivity contribution in [3.05, 3.63) is 24.3 Å². The van der Waals surface area contributed by atoms with Gasteiger partial charge in [0.25, 0.3) is 0 Å². The molecule has 0 aromatic heterocycles. The molecule has 3 nitrogen and oxygen atoms in total. The van der Waals surface area contributed by atoms with E-state index in [1.54, 1.807) is 12.1 Å². The molecule has 0 atom stereocenters. The van der Waals surface area contributed by atoms with E-state index in [2.05, 4.69) is 12.6 Å². The minimum absolute atomic E-state index is 0.0160. The summed E-state index contributed by atoms with van der Waals surface area (Å²) < 4.78 is 0. The van der Waals surface area contributed by atoms with Crippen LogP contribution in [0.15, 0.2) is 29.2 Å². The van der Waals surface area contributed by atoms with Crippen molar-refractivity contribution in [1.29, 1.82) is 0 Å². The van der Waals surface area contributed by atoms with Gasteiger partial charge in [0.1, 0.15) is 0 Å². The van der Waals surface area contributed by atoms with Crippen molar-refractivity contribution in [3.8, 4) is 0 Å². The minimum atomic E-state index is -0.142. The zero-order valence-electron chi connectivity index (χ0n) is 7.43. The molecule has 1 saturated heterocycles. The molecule has 0 bridgehead atoms. The predicted molar refractivity (Wildman–Crippen MR) is 55.7 cm³/mol. The molecule has 0 saturated carbocycles. The Hall–Kier alpha value is -1.29. The molecule has 1 aromatic carbocycles. The van der Waals surface area contributed by atoms with Crippen LogP contribution in [0.25, 0.3) is 0 Å². The number of carbonyl (C=O) groups excluding carboxylic acids is 2. The standard InChI is InChI=1S/C10H9NO2S/c12-7-5-10(13)11(6-7)8-3-1-2-4-9(8)14/h1-4,14H,5-6H2. The number of anilines is 1. The van der Waals surface area contributed by atoms with Crippen LogP contribution in [0.1, 0.15) is 6.42 Å². The number of rotatable bonds is 1. The SMILES string of the molecule is O=C1CC(=O)N(c2ccccc2S)C1. The van der Waals surface area contributed by atoms with Gasteiger partial charge in [0.2, 0.25) is 5.91 Å². The largest absolute Gasteiger partial charge is 0.303 e. The lowest BCUT2D eigenvalue weighted by Crippen LogP contribution is -2.24. The summed E-state index contributed by atoms with van der Waals surface area (Å²) in [7, 11) is 0. The third-order valence-corrected chi connectivity index (χ3v) is 2.53. The Kier molecular flexibility index (Phi) is 2.29. The maximum atomic E-state index is 11.4. The van der Waals surface area contributed by atoms with Gasteiger partial charge in [-0.2, -0.15) is 0 Å². The molecular weight excluding hydrogens is 198 g/mol. The second-order valence-electron chi connectivity index (χ2n) is 3.18. The third kappa shape index (κ3) is 1.53. The summed E-state index contributed by atoms with van der Waals surface area (Å²) in [6.45, 7) is 0.177. The van der Waals surface area contributed by atoms with Crippen molar-refractivity contribution in [3.63, 3.8) is 0 Å². The lowest BCUT2D eigenvalue weighted by molar-refractivity contribution is -0.121. The van der Waals surface area contributed by atoms with Crippen LogP contribution in [0.5, 0.6) is 0 Å². The van der Waals surface area contributed by atoms with Gasteiger partial charge in [-0.05, 0) is 12.1 Å². The number of ketones is 1. The van der Waals surface area contributed by atoms with Crippen LogP contribution >= 0.6 is 12.6 Å². The fourth-order valence-electron chi connectivity index (χ4n) is 1.50. The number of hydrogen-bond acceptors (Lipinski definition) is 3. The van der Waals surface area contributed by atoms with Crippen LogP contribution in [0.3, 0.4) is 0 Å². The molecular formula is C10H9NO2S. The number of para-hydroxylation sites is 1. The molecule has 1 heterocycles. The zero-order chi connectivity index (χ0) is 10.1. The second-order valence-corrected chi connectivity index (χ2v) is 3.67. The van der Waals surface area contributed by atoms with Gasteiger partial charge in [-0.15, -0.1) is 12.6 Å². The molecule has 1 aliphatic rings. The number of carbonyl (C=O) groups is 2. The topological polar surface area (TPSA) is 37.4 Å². The van der Waals surface area contributed by atoms with Gasteiger partial charge in [0.15, 0.2) is 5.78 Å². The Labute approximate surface area is 87.1 Å². The van der Waals surface area contributed by atoms with E-state index in [1.807, 2.05) is 12.1 Å². The Morgan fingerprint density at radius 2 is 1.93 bits per heavy atom. The van der Waals surface area contributed by atoms with Crippen molar-refractivity contribution >= 4 is 30.0 Å². The number of thiol groups is 1. The van der Waals surface area contributed by atoms with Crippen LogP contribution in [0, 0.1) is 0 Å². The molecule has 2 rings (SSSR count). The normalized spacial score (nSPS) is 16.5. The number of benzene rings is 1. The summed E-state index contributed by atoms with van der Waals surface area (Å²) in [6, 6.07) is 7.26. The van der Waals surface area contributed by atoms with Crippen LogP contribution in [0.4, 0.5) is 5.69 Å². The van der Waals surface area contributed by atoms with Crippen molar-refractivity contribution in [1.82, 2.24) is 0 Å². The fraction of sp³-hybridized carbons (Fsp3) is 0.200. The molecule has 1 amide bonds. The van der Waals surface area contributed by atoms with E-state index in [0.29, 0.717) is 5.69 Å². The van der Waals surface area contributed by atoms with E-state index >= 15 is 0 Å². The highest BCUT2D eigenvalue weighted by Crippen LogP contribution is 2.26. The van der Waals surface area contributed by atoms with Crippen LogP contribution in [-0.2, 0) is 9.59 Å². The van der Waals surface area contributed by atoms with Crippen LogP contribution < -0.4 is 4.90 Å². The molecule has 0 N–H and O–H groups in total. The summed E-state index contributed by atoms with van der Waals surface area (Å²) in [6.07, 6.45) is 0.0160. The highest BCUT2D eigenvalue weighted by molar-refractivity contribution is 7.80.